The van der Waals surface area contributed by atoms with E-state index in [0.29, 0.717) is 19.8 Å². The lowest BCUT2D eigenvalue weighted by molar-refractivity contribution is -0.142. The van der Waals surface area contributed by atoms with Gasteiger partial charge in [0.05, 0.1) is 24.9 Å². The van der Waals surface area contributed by atoms with Crippen molar-refractivity contribution in [1.82, 2.24) is 14.7 Å². The normalized spacial score (nSPS) is 16.4. The zero-order chi connectivity index (χ0) is 21.8. The van der Waals surface area contributed by atoms with Gasteiger partial charge in [0.1, 0.15) is 5.75 Å². The molecule has 0 spiro atoms. The largest absolute Gasteiger partial charge is 0.483 e. The Hall–Kier alpha value is -3.12. The Bertz CT molecular complexity index is 1050. The molecule has 1 aliphatic heterocycles. The number of aryl methyl sites for hydroxylation is 2. The maximum atomic E-state index is 13.2. The molecule has 2 aromatic carbocycles. The molecule has 31 heavy (non-hydrogen) atoms. The van der Waals surface area contributed by atoms with E-state index in [-0.39, 0.29) is 18.6 Å². The third-order valence-electron chi connectivity index (χ3n) is 5.91. The minimum Gasteiger partial charge on any atom is -0.483 e. The van der Waals surface area contributed by atoms with Crippen LogP contribution in [0.2, 0.25) is 0 Å². The van der Waals surface area contributed by atoms with Gasteiger partial charge in [-0.15, -0.1) is 0 Å². The van der Waals surface area contributed by atoms with Crippen molar-refractivity contribution in [3.05, 3.63) is 82.7 Å². The number of para-hydroxylation sites is 1. The highest BCUT2D eigenvalue weighted by molar-refractivity contribution is 5.78. The van der Waals surface area contributed by atoms with Crippen LogP contribution in [-0.4, -0.2) is 47.0 Å². The highest BCUT2D eigenvalue weighted by Gasteiger charge is 2.32. The first-order valence-electron chi connectivity index (χ1n) is 10.7. The van der Waals surface area contributed by atoms with Gasteiger partial charge in [-0.05, 0) is 31.0 Å². The van der Waals surface area contributed by atoms with Crippen molar-refractivity contribution in [3.8, 4) is 5.75 Å². The molecule has 1 atom stereocenters. The number of morpholine rings is 1. The highest BCUT2D eigenvalue weighted by Crippen LogP contribution is 2.29. The molecule has 2 heterocycles. The summed E-state index contributed by atoms with van der Waals surface area (Å²) >= 11 is 0. The van der Waals surface area contributed by atoms with Crippen molar-refractivity contribution >= 4 is 5.91 Å². The van der Waals surface area contributed by atoms with Crippen molar-refractivity contribution in [2.75, 3.05) is 26.4 Å². The first-order valence-corrected chi connectivity index (χ1v) is 10.7. The second kappa shape index (κ2) is 9.35. The van der Waals surface area contributed by atoms with E-state index in [9.17, 15) is 4.79 Å². The van der Waals surface area contributed by atoms with Crippen LogP contribution < -0.4 is 4.74 Å². The summed E-state index contributed by atoms with van der Waals surface area (Å²) < 4.78 is 13.6. The molecular weight excluding hydrogens is 390 g/mol. The molecule has 162 valence electrons. The highest BCUT2D eigenvalue weighted by atomic mass is 16.5. The van der Waals surface area contributed by atoms with Crippen LogP contribution in [0.4, 0.5) is 0 Å². The fourth-order valence-corrected chi connectivity index (χ4v) is 4.24. The third-order valence-corrected chi connectivity index (χ3v) is 5.91. The van der Waals surface area contributed by atoms with Crippen molar-refractivity contribution < 1.29 is 14.3 Å². The summed E-state index contributed by atoms with van der Waals surface area (Å²) in [6, 6.07) is 18.0. The minimum absolute atomic E-state index is 0.000655. The topological polar surface area (TPSA) is 56.6 Å². The Kier molecular flexibility index (Phi) is 6.37. The van der Waals surface area contributed by atoms with Gasteiger partial charge in [0.25, 0.3) is 5.91 Å². The number of hydrogen-bond donors (Lipinski definition) is 0. The zero-order valence-corrected chi connectivity index (χ0v) is 18.4. The molecule has 1 saturated heterocycles. The van der Waals surface area contributed by atoms with Crippen LogP contribution in [0.3, 0.4) is 0 Å². The van der Waals surface area contributed by atoms with Crippen LogP contribution in [0, 0.1) is 13.8 Å². The van der Waals surface area contributed by atoms with Gasteiger partial charge >= 0.3 is 0 Å². The fourth-order valence-electron chi connectivity index (χ4n) is 4.24. The van der Waals surface area contributed by atoms with Gasteiger partial charge in [0, 0.05) is 31.3 Å². The molecule has 4 rings (SSSR count). The van der Waals surface area contributed by atoms with Crippen molar-refractivity contribution in [2.24, 2.45) is 7.05 Å². The summed E-state index contributed by atoms with van der Waals surface area (Å²) in [4.78, 5) is 15.0. The van der Waals surface area contributed by atoms with Crippen molar-refractivity contribution in [2.45, 2.75) is 26.3 Å². The first-order chi connectivity index (χ1) is 15.0. The quantitative estimate of drug-likeness (QED) is 0.613. The summed E-state index contributed by atoms with van der Waals surface area (Å²) in [5.41, 5.74) is 5.34. The molecule has 0 unspecified atom stereocenters. The van der Waals surface area contributed by atoms with E-state index in [1.807, 2.05) is 72.9 Å². The number of amides is 1. The smallest absolute Gasteiger partial charge is 0.261 e. The lowest BCUT2D eigenvalue weighted by atomic mass is 10.0. The Morgan fingerprint density at radius 3 is 2.61 bits per heavy atom. The van der Waals surface area contributed by atoms with E-state index in [1.165, 1.54) is 5.56 Å². The number of carbonyl (C=O) groups is 1. The number of nitrogens with zero attached hydrogens (tertiary/aromatic N) is 3. The Labute approximate surface area is 183 Å². The molecule has 1 aromatic heterocycles. The van der Waals surface area contributed by atoms with Crippen molar-refractivity contribution in [1.29, 1.82) is 0 Å². The average Bonchev–Trinajstić information content (AvgIpc) is 3.04. The van der Waals surface area contributed by atoms with E-state index >= 15 is 0 Å². The number of aromatic nitrogens is 2. The molecule has 0 saturated carbocycles. The van der Waals surface area contributed by atoms with Gasteiger partial charge < -0.3 is 14.4 Å². The van der Waals surface area contributed by atoms with Crippen LogP contribution in [0.5, 0.6) is 5.75 Å². The molecule has 6 nitrogen and oxygen atoms in total. The number of ether oxygens (including phenoxy) is 2. The zero-order valence-electron chi connectivity index (χ0n) is 18.4. The summed E-state index contributed by atoms with van der Waals surface area (Å²) in [6.45, 7) is 5.57. The molecule has 0 N–H and O–H groups in total. The maximum Gasteiger partial charge on any atom is 0.261 e. The van der Waals surface area contributed by atoms with E-state index in [2.05, 4.69) is 17.2 Å². The second-order valence-electron chi connectivity index (χ2n) is 7.94. The van der Waals surface area contributed by atoms with E-state index in [1.54, 1.807) is 0 Å². The number of hydrogen-bond acceptors (Lipinski definition) is 4. The van der Waals surface area contributed by atoms with E-state index in [4.69, 9.17) is 9.47 Å². The Balaban J connectivity index is 1.48. The molecular formula is C25H29N3O3. The van der Waals surface area contributed by atoms with E-state index < -0.39 is 0 Å². The van der Waals surface area contributed by atoms with Gasteiger partial charge in [-0.3, -0.25) is 9.48 Å². The maximum absolute atomic E-state index is 13.2. The summed E-state index contributed by atoms with van der Waals surface area (Å²) in [6.07, 6.45) is 0.763. The first kappa shape index (κ1) is 21.1. The number of benzene rings is 2. The molecule has 3 aromatic rings. The van der Waals surface area contributed by atoms with Crippen LogP contribution in [0.1, 0.15) is 34.1 Å². The lowest BCUT2D eigenvalue weighted by Gasteiger charge is -2.36. The van der Waals surface area contributed by atoms with Crippen molar-refractivity contribution in [3.63, 3.8) is 0 Å². The van der Waals surface area contributed by atoms with Crippen LogP contribution in [0.15, 0.2) is 54.6 Å². The van der Waals surface area contributed by atoms with Crippen LogP contribution in [0.25, 0.3) is 0 Å². The van der Waals surface area contributed by atoms with Crippen LogP contribution in [-0.2, 0) is 23.0 Å². The molecule has 0 bridgehead atoms. The standard InChI is InChI=1S/C25H29N3O3/c1-18-25(19(2)27(3)26-18)22-16-30-14-13-28(22)24(29)17-31-23-12-8-7-11-21(23)15-20-9-5-4-6-10-20/h4-12,22H,13-17H2,1-3H3/t22-/m1/s1. The molecule has 0 radical (unpaired) electrons. The lowest BCUT2D eigenvalue weighted by Crippen LogP contribution is -2.45. The van der Waals surface area contributed by atoms with Gasteiger partial charge in [-0.2, -0.15) is 5.10 Å². The Morgan fingerprint density at radius 2 is 1.87 bits per heavy atom. The summed E-state index contributed by atoms with van der Waals surface area (Å²) in [7, 11) is 1.93. The molecule has 0 aliphatic carbocycles. The monoisotopic (exact) mass is 419 g/mol. The van der Waals surface area contributed by atoms with Gasteiger partial charge in [-0.1, -0.05) is 48.5 Å². The predicted molar refractivity (Wildman–Crippen MR) is 119 cm³/mol. The van der Waals surface area contributed by atoms with Gasteiger partial charge in [-0.25, -0.2) is 0 Å². The third kappa shape index (κ3) is 4.64. The SMILES string of the molecule is Cc1nn(C)c(C)c1[C@H]1COCCN1C(=O)COc1ccccc1Cc1ccccc1. The second-order valence-corrected chi connectivity index (χ2v) is 7.94. The summed E-state index contributed by atoms with van der Waals surface area (Å²) in [5.74, 6) is 0.712. The van der Waals surface area contributed by atoms with Gasteiger partial charge in [0.2, 0.25) is 0 Å². The fraction of sp³-hybridized carbons (Fsp3) is 0.360. The number of carbonyl (C=O) groups excluding carboxylic acids is 1. The average molecular weight is 420 g/mol. The minimum atomic E-state index is -0.141. The van der Waals surface area contributed by atoms with Crippen LogP contribution >= 0.6 is 0 Å². The molecule has 1 aliphatic rings. The molecule has 6 heteroatoms. The predicted octanol–water partition coefficient (Wildman–Crippen LogP) is 3.61. The Morgan fingerprint density at radius 1 is 1.13 bits per heavy atom. The molecule has 1 fully saturated rings. The van der Waals surface area contributed by atoms with Gasteiger partial charge in [0.15, 0.2) is 6.61 Å². The van der Waals surface area contributed by atoms with E-state index in [0.717, 1.165) is 34.7 Å². The number of rotatable bonds is 6. The molecule has 1 amide bonds. The summed E-state index contributed by atoms with van der Waals surface area (Å²) in [5, 5.41) is 4.52.